The van der Waals surface area contributed by atoms with Gasteiger partial charge in [0.1, 0.15) is 0 Å². The molecule has 21 heavy (non-hydrogen) atoms. The van der Waals surface area contributed by atoms with Crippen molar-refractivity contribution in [2.45, 2.75) is 38.6 Å². The number of halogens is 2. The van der Waals surface area contributed by atoms with Crippen LogP contribution < -0.4 is 5.32 Å². The van der Waals surface area contributed by atoms with Crippen LogP contribution in [0.25, 0.3) is 0 Å². The van der Waals surface area contributed by atoms with E-state index in [-0.39, 0.29) is 0 Å². The number of rotatable bonds is 5. The third-order valence-electron chi connectivity index (χ3n) is 3.98. The van der Waals surface area contributed by atoms with Crippen LogP contribution in [0.4, 0.5) is 0 Å². The molecule has 1 aliphatic carbocycles. The molecule has 0 fully saturated rings. The van der Waals surface area contributed by atoms with E-state index in [0.29, 0.717) is 16.1 Å². The Kier molecular flexibility index (Phi) is 4.90. The third-order valence-corrected chi connectivity index (χ3v) is 6.07. The Labute approximate surface area is 140 Å². The van der Waals surface area contributed by atoms with Crippen molar-refractivity contribution in [1.82, 2.24) is 5.32 Å². The second kappa shape index (κ2) is 6.70. The second-order valence-corrected chi connectivity index (χ2v) is 7.50. The Morgan fingerprint density at radius 2 is 2.05 bits per heavy atom. The largest absolute Gasteiger partial charge is 0.309 e. The van der Waals surface area contributed by atoms with Gasteiger partial charge in [0, 0.05) is 15.8 Å². The van der Waals surface area contributed by atoms with Crippen molar-refractivity contribution in [3.05, 3.63) is 55.2 Å². The van der Waals surface area contributed by atoms with Crippen LogP contribution >= 0.6 is 34.5 Å². The highest BCUT2D eigenvalue weighted by Crippen LogP contribution is 2.35. The van der Waals surface area contributed by atoms with E-state index < -0.39 is 0 Å². The molecule has 0 radical (unpaired) electrons. The lowest BCUT2D eigenvalue weighted by Crippen LogP contribution is -2.22. The molecule has 4 heteroatoms. The number of likely N-dealkylation sites (N-methyl/N-ethyl adjacent to an activating group) is 1. The van der Waals surface area contributed by atoms with E-state index in [1.807, 2.05) is 23.5 Å². The van der Waals surface area contributed by atoms with Crippen LogP contribution in [0.1, 0.15) is 40.3 Å². The van der Waals surface area contributed by atoms with Gasteiger partial charge in [0.2, 0.25) is 0 Å². The van der Waals surface area contributed by atoms with Crippen LogP contribution in [0.15, 0.2) is 24.3 Å². The van der Waals surface area contributed by atoms with Crippen molar-refractivity contribution in [3.8, 4) is 0 Å². The lowest BCUT2D eigenvalue weighted by molar-refractivity contribution is 0.558. The van der Waals surface area contributed by atoms with Gasteiger partial charge in [-0.1, -0.05) is 36.2 Å². The first kappa shape index (κ1) is 15.4. The van der Waals surface area contributed by atoms with Gasteiger partial charge in [-0.25, -0.2) is 0 Å². The Morgan fingerprint density at radius 3 is 2.76 bits per heavy atom. The maximum Gasteiger partial charge on any atom is 0.0595 e. The van der Waals surface area contributed by atoms with E-state index in [9.17, 15) is 0 Å². The van der Waals surface area contributed by atoms with Crippen molar-refractivity contribution < 1.29 is 0 Å². The maximum absolute atomic E-state index is 6.13. The minimum Gasteiger partial charge on any atom is -0.309 e. The first-order valence-corrected chi connectivity index (χ1v) is 9.03. The molecule has 1 unspecified atom stereocenters. The Morgan fingerprint density at radius 1 is 1.19 bits per heavy atom. The van der Waals surface area contributed by atoms with E-state index in [2.05, 4.69) is 24.4 Å². The summed E-state index contributed by atoms with van der Waals surface area (Å²) in [7, 11) is 0. The zero-order valence-electron chi connectivity index (χ0n) is 12.1. The number of benzene rings is 1. The molecule has 1 N–H and O–H groups in total. The Hall–Kier alpha value is -0.540. The second-order valence-electron chi connectivity index (χ2n) is 5.51. The van der Waals surface area contributed by atoms with Gasteiger partial charge in [0.15, 0.2) is 0 Å². The van der Waals surface area contributed by atoms with E-state index in [1.165, 1.54) is 29.7 Å². The zero-order valence-corrected chi connectivity index (χ0v) is 14.4. The van der Waals surface area contributed by atoms with Crippen LogP contribution in [-0.2, 0) is 19.3 Å². The Balaban J connectivity index is 1.81. The smallest absolute Gasteiger partial charge is 0.0595 e. The molecule has 0 aliphatic heterocycles. The standard InChI is InChI=1S/C17H19Cl2NS/c1-2-20-15(9-11-6-7-13(18)14(19)8-11)17-10-12-4-3-5-16(12)21-17/h6-8,10,15,20H,2-5,9H2,1H3. The summed E-state index contributed by atoms with van der Waals surface area (Å²) in [6.07, 6.45) is 4.77. The molecule has 1 aromatic heterocycles. The number of aryl methyl sites for hydroxylation is 2. The molecule has 2 aromatic rings. The summed E-state index contributed by atoms with van der Waals surface area (Å²) in [5.74, 6) is 0. The number of hydrogen-bond acceptors (Lipinski definition) is 2. The summed E-state index contributed by atoms with van der Waals surface area (Å²) >= 11 is 14.1. The van der Waals surface area contributed by atoms with Gasteiger partial charge in [-0.3, -0.25) is 0 Å². The number of thiophene rings is 1. The molecule has 0 saturated carbocycles. The molecule has 1 heterocycles. The first-order valence-electron chi connectivity index (χ1n) is 7.46. The fourth-order valence-electron chi connectivity index (χ4n) is 2.95. The van der Waals surface area contributed by atoms with E-state index in [4.69, 9.17) is 23.2 Å². The monoisotopic (exact) mass is 339 g/mol. The fraction of sp³-hybridized carbons (Fsp3) is 0.412. The molecule has 1 nitrogen and oxygen atoms in total. The highest BCUT2D eigenvalue weighted by atomic mass is 35.5. The van der Waals surface area contributed by atoms with Crippen LogP contribution in [0.2, 0.25) is 10.0 Å². The predicted molar refractivity (Wildman–Crippen MR) is 92.9 cm³/mol. The molecule has 0 spiro atoms. The third kappa shape index (κ3) is 3.45. The van der Waals surface area contributed by atoms with Gasteiger partial charge in [0.05, 0.1) is 10.0 Å². The summed E-state index contributed by atoms with van der Waals surface area (Å²) < 4.78 is 0. The van der Waals surface area contributed by atoms with Gasteiger partial charge in [-0.15, -0.1) is 11.3 Å². The lowest BCUT2D eigenvalue weighted by Gasteiger charge is -2.17. The molecule has 1 aromatic carbocycles. The summed E-state index contributed by atoms with van der Waals surface area (Å²) in [5, 5.41) is 4.86. The maximum atomic E-state index is 6.13. The van der Waals surface area contributed by atoms with Crippen molar-refractivity contribution in [1.29, 1.82) is 0 Å². The first-order chi connectivity index (χ1) is 10.2. The van der Waals surface area contributed by atoms with Crippen LogP contribution in [0, 0.1) is 0 Å². The van der Waals surface area contributed by atoms with Crippen molar-refractivity contribution in [2.24, 2.45) is 0 Å². The molecule has 0 saturated heterocycles. The summed E-state index contributed by atoms with van der Waals surface area (Å²) in [4.78, 5) is 3.04. The quantitative estimate of drug-likeness (QED) is 0.764. The number of hydrogen-bond donors (Lipinski definition) is 1. The van der Waals surface area contributed by atoms with Crippen LogP contribution in [0.3, 0.4) is 0 Å². The molecule has 1 atom stereocenters. The van der Waals surface area contributed by atoms with Crippen molar-refractivity contribution in [2.75, 3.05) is 6.54 Å². The topological polar surface area (TPSA) is 12.0 Å². The van der Waals surface area contributed by atoms with Crippen LogP contribution in [0.5, 0.6) is 0 Å². The predicted octanol–water partition coefficient (Wildman–Crippen LogP) is 5.44. The number of fused-ring (bicyclic) bond motifs is 1. The van der Waals surface area contributed by atoms with Crippen molar-refractivity contribution >= 4 is 34.5 Å². The summed E-state index contributed by atoms with van der Waals surface area (Å²) in [5.41, 5.74) is 2.79. The molecular weight excluding hydrogens is 321 g/mol. The molecular formula is C17H19Cl2NS. The minimum atomic E-state index is 0.364. The molecule has 0 amide bonds. The van der Waals surface area contributed by atoms with E-state index >= 15 is 0 Å². The SMILES string of the molecule is CCNC(Cc1ccc(Cl)c(Cl)c1)c1cc2c(s1)CCC2. The summed E-state index contributed by atoms with van der Waals surface area (Å²) in [6, 6.07) is 8.70. The van der Waals surface area contributed by atoms with Gasteiger partial charge >= 0.3 is 0 Å². The van der Waals surface area contributed by atoms with Crippen molar-refractivity contribution in [3.63, 3.8) is 0 Å². The fourth-order valence-corrected chi connectivity index (χ4v) is 4.60. The highest BCUT2D eigenvalue weighted by Gasteiger charge is 2.20. The van der Waals surface area contributed by atoms with E-state index in [1.54, 1.807) is 10.4 Å². The minimum absolute atomic E-state index is 0.364. The highest BCUT2D eigenvalue weighted by molar-refractivity contribution is 7.12. The Bertz CT molecular complexity index is 614. The molecule has 3 rings (SSSR count). The van der Waals surface area contributed by atoms with Gasteiger partial charge in [-0.2, -0.15) is 0 Å². The average Bonchev–Trinajstić information content (AvgIpc) is 3.03. The van der Waals surface area contributed by atoms with E-state index in [0.717, 1.165) is 13.0 Å². The lowest BCUT2D eigenvalue weighted by atomic mass is 10.0. The van der Waals surface area contributed by atoms with Gasteiger partial charge < -0.3 is 5.32 Å². The van der Waals surface area contributed by atoms with Gasteiger partial charge in [-0.05, 0) is 61.6 Å². The summed E-state index contributed by atoms with van der Waals surface area (Å²) in [6.45, 7) is 3.12. The van der Waals surface area contributed by atoms with Crippen LogP contribution in [-0.4, -0.2) is 6.54 Å². The zero-order chi connectivity index (χ0) is 14.8. The average molecular weight is 340 g/mol. The number of nitrogens with one attached hydrogen (secondary N) is 1. The van der Waals surface area contributed by atoms with Gasteiger partial charge in [0.25, 0.3) is 0 Å². The molecule has 112 valence electrons. The molecule has 1 aliphatic rings. The normalized spacial score (nSPS) is 15.2. The molecule has 0 bridgehead atoms.